The second-order valence-corrected chi connectivity index (χ2v) is 5.59. The van der Waals surface area contributed by atoms with Crippen LogP contribution in [0.4, 0.5) is 0 Å². The first-order valence-corrected chi connectivity index (χ1v) is 7.62. The van der Waals surface area contributed by atoms with Crippen LogP contribution in [0.3, 0.4) is 0 Å². The van der Waals surface area contributed by atoms with Crippen LogP contribution in [0.2, 0.25) is 0 Å². The van der Waals surface area contributed by atoms with Gasteiger partial charge >= 0.3 is 5.97 Å². The molecule has 1 fully saturated rings. The fourth-order valence-corrected chi connectivity index (χ4v) is 2.45. The standard InChI is InChI=1S/C16H22N2O6/c1-23-9-14(19)18-7-13-15(20)12(8-24-13)17-6-10-2-4-11(5-3-10)16(21)22/h2-5,12-13,15,17,20H,6-9H2,1H3,(H,18,19)(H,21,22)/t12-,13-,15+/m1/s1. The van der Waals surface area contributed by atoms with E-state index >= 15 is 0 Å². The molecule has 0 aromatic heterocycles. The van der Waals surface area contributed by atoms with Gasteiger partial charge in [0.2, 0.25) is 5.91 Å². The van der Waals surface area contributed by atoms with Gasteiger partial charge in [0.1, 0.15) is 12.7 Å². The Morgan fingerprint density at radius 1 is 1.33 bits per heavy atom. The van der Waals surface area contributed by atoms with Gasteiger partial charge in [-0.15, -0.1) is 0 Å². The van der Waals surface area contributed by atoms with Gasteiger partial charge in [0.25, 0.3) is 0 Å². The molecule has 132 valence electrons. The number of rotatable bonds is 8. The monoisotopic (exact) mass is 338 g/mol. The number of aromatic carboxylic acids is 1. The minimum Gasteiger partial charge on any atom is -0.478 e. The number of carboxylic acid groups (broad SMARTS) is 1. The SMILES string of the molecule is COCC(=O)NC[C@H]1OC[C@@H](NCc2ccc(C(=O)O)cc2)[C@@H]1O. The van der Waals surface area contributed by atoms with Crippen molar-refractivity contribution in [2.24, 2.45) is 0 Å². The molecular formula is C16H22N2O6. The van der Waals surface area contributed by atoms with E-state index in [9.17, 15) is 14.7 Å². The number of hydrogen-bond acceptors (Lipinski definition) is 6. The van der Waals surface area contributed by atoms with Gasteiger partial charge in [0.05, 0.1) is 24.3 Å². The van der Waals surface area contributed by atoms with E-state index in [-0.39, 0.29) is 30.7 Å². The summed E-state index contributed by atoms with van der Waals surface area (Å²) in [7, 11) is 1.43. The van der Waals surface area contributed by atoms with Gasteiger partial charge < -0.3 is 30.3 Å². The lowest BCUT2D eigenvalue weighted by Gasteiger charge is -2.19. The van der Waals surface area contributed by atoms with E-state index in [2.05, 4.69) is 10.6 Å². The maximum Gasteiger partial charge on any atom is 0.335 e. The van der Waals surface area contributed by atoms with Crippen LogP contribution in [0.15, 0.2) is 24.3 Å². The second kappa shape index (κ2) is 8.74. The van der Waals surface area contributed by atoms with Gasteiger partial charge in [-0.25, -0.2) is 4.79 Å². The van der Waals surface area contributed by atoms with E-state index in [1.54, 1.807) is 12.1 Å². The lowest BCUT2D eigenvalue weighted by molar-refractivity contribution is -0.125. The summed E-state index contributed by atoms with van der Waals surface area (Å²) in [6.07, 6.45) is -1.22. The number of carbonyl (C=O) groups is 2. The number of hydrogen-bond donors (Lipinski definition) is 4. The van der Waals surface area contributed by atoms with Crippen LogP contribution < -0.4 is 10.6 Å². The number of aliphatic hydroxyl groups is 1. The zero-order valence-electron chi connectivity index (χ0n) is 13.4. The van der Waals surface area contributed by atoms with E-state index in [1.165, 1.54) is 19.2 Å². The average molecular weight is 338 g/mol. The molecule has 24 heavy (non-hydrogen) atoms. The summed E-state index contributed by atoms with van der Waals surface area (Å²) in [6.45, 7) is 0.999. The van der Waals surface area contributed by atoms with Crippen LogP contribution in [-0.4, -0.2) is 67.2 Å². The summed E-state index contributed by atoms with van der Waals surface area (Å²) in [4.78, 5) is 22.1. The number of carbonyl (C=O) groups excluding carboxylic acids is 1. The quantitative estimate of drug-likeness (QED) is 0.498. The average Bonchev–Trinajstić information content (AvgIpc) is 2.92. The Kier molecular flexibility index (Phi) is 6.68. The van der Waals surface area contributed by atoms with Crippen molar-refractivity contribution in [3.8, 4) is 0 Å². The van der Waals surface area contributed by atoms with Gasteiger partial charge in [-0.05, 0) is 17.7 Å². The molecule has 4 N–H and O–H groups in total. The number of ether oxygens (including phenoxy) is 2. The summed E-state index contributed by atoms with van der Waals surface area (Å²) < 4.78 is 10.2. The molecule has 8 heteroatoms. The summed E-state index contributed by atoms with van der Waals surface area (Å²) in [5, 5.41) is 24.9. The van der Waals surface area contributed by atoms with Gasteiger partial charge in [0, 0.05) is 20.2 Å². The molecule has 1 aliphatic rings. The summed E-state index contributed by atoms with van der Waals surface area (Å²) in [5.41, 5.74) is 1.14. The molecule has 8 nitrogen and oxygen atoms in total. The van der Waals surface area contributed by atoms with Gasteiger partial charge in [-0.3, -0.25) is 4.79 Å². The molecule has 1 amide bonds. The Hall–Kier alpha value is -2.00. The van der Waals surface area contributed by atoms with E-state index in [0.29, 0.717) is 13.2 Å². The maximum absolute atomic E-state index is 11.3. The van der Waals surface area contributed by atoms with Crippen molar-refractivity contribution >= 4 is 11.9 Å². The highest BCUT2D eigenvalue weighted by atomic mass is 16.5. The van der Waals surface area contributed by atoms with Crippen LogP contribution in [0.1, 0.15) is 15.9 Å². The molecule has 1 saturated heterocycles. The molecule has 1 aromatic rings. The molecular weight excluding hydrogens is 316 g/mol. The third-order valence-corrected chi connectivity index (χ3v) is 3.83. The topological polar surface area (TPSA) is 117 Å². The minimum absolute atomic E-state index is 0.0309. The summed E-state index contributed by atoms with van der Waals surface area (Å²) in [6, 6.07) is 6.26. The van der Waals surface area contributed by atoms with Crippen molar-refractivity contribution in [2.75, 3.05) is 26.9 Å². The molecule has 1 heterocycles. The zero-order chi connectivity index (χ0) is 17.5. The molecule has 0 saturated carbocycles. The predicted molar refractivity (Wildman–Crippen MR) is 84.7 cm³/mol. The van der Waals surface area contributed by atoms with Crippen molar-refractivity contribution < 1.29 is 29.3 Å². The smallest absolute Gasteiger partial charge is 0.335 e. The Morgan fingerprint density at radius 2 is 2.04 bits per heavy atom. The van der Waals surface area contributed by atoms with Crippen molar-refractivity contribution in [1.82, 2.24) is 10.6 Å². The fraction of sp³-hybridized carbons (Fsp3) is 0.500. The number of carboxylic acids is 1. The highest BCUT2D eigenvalue weighted by Gasteiger charge is 2.35. The first-order valence-electron chi connectivity index (χ1n) is 7.62. The van der Waals surface area contributed by atoms with Gasteiger partial charge in [-0.1, -0.05) is 12.1 Å². The lowest BCUT2D eigenvalue weighted by atomic mass is 10.1. The molecule has 0 spiro atoms. The third-order valence-electron chi connectivity index (χ3n) is 3.83. The first-order chi connectivity index (χ1) is 11.5. The predicted octanol–water partition coefficient (Wildman–Crippen LogP) is -0.635. The van der Waals surface area contributed by atoms with Gasteiger partial charge in [0.15, 0.2) is 0 Å². The van der Waals surface area contributed by atoms with Crippen LogP contribution in [0, 0.1) is 0 Å². The summed E-state index contributed by atoms with van der Waals surface area (Å²) in [5.74, 6) is -1.23. The fourth-order valence-electron chi connectivity index (χ4n) is 2.45. The molecule has 2 rings (SSSR count). The molecule has 3 atom stereocenters. The van der Waals surface area contributed by atoms with Crippen molar-refractivity contribution in [2.45, 2.75) is 24.8 Å². The van der Waals surface area contributed by atoms with Crippen LogP contribution in [0.25, 0.3) is 0 Å². The minimum atomic E-state index is -0.965. The molecule has 0 bridgehead atoms. The normalized spacial score (nSPS) is 23.2. The molecule has 0 radical (unpaired) electrons. The van der Waals surface area contributed by atoms with E-state index in [4.69, 9.17) is 14.6 Å². The number of amides is 1. The number of methoxy groups -OCH3 is 1. The Morgan fingerprint density at radius 3 is 2.67 bits per heavy atom. The number of nitrogens with one attached hydrogen (secondary N) is 2. The largest absolute Gasteiger partial charge is 0.478 e. The van der Waals surface area contributed by atoms with E-state index < -0.39 is 18.2 Å². The van der Waals surface area contributed by atoms with Crippen molar-refractivity contribution in [1.29, 1.82) is 0 Å². The van der Waals surface area contributed by atoms with Crippen LogP contribution >= 0.6 is 0 Å². The highest BCUT2D eigenvalue weighted by molar-refractivity contribution is 5.87. The van der Waals surface area contributed by atoms with E-state index in [0.717, 1.165) is 5.56 Å². The number of benzene rings is 1. The summed E-state index contributed by atoms with van der Waals surface area (Å²) >= 11 is 0. The van der Waals surface area contributed by atoms with Crippen LogP contribution in [-0.2, 0) is 20.8 Å². The lowest BCUT2D eigenvalue weighted by Crippen LogP contribution is -2.45. The van der Waals surface area contributed by atoms with Crippen molar-refractivity contribution in [3.05, 3.63) is 35.4 Å². The second-order valence-electron chi connectivity index (χ2n) is 5.59. The van der Waals surface area contributed by atoms with E-state index in [1.807, 2.05) is 0 Å². The zero-order valence-corrected chi connectivity index (χ0v) is 13.4. The Balaban J connectivity index is 1.77. The highest BCUT2D eigenvalue weighted by Crippen LogP contribution is 2.15. The van der Waals surface area contributed by atoms with Gasteiger partial charge in [-0.2, -0.15) is 0 Å². The van der Waals surface area contributed by atoms with Crippen molar-refractivity contribution in [3.63, 3.8) is 0 Å². The third kappa shape index (κ3) is 5.00. The number of aliphatic hydroxyl groups excluding tert-OH is 1. The van der Waals surface area contributed by atoms with Crippen LogP contribution in [0.5, 0.6) is 0 Å². The maximum atomic E-state index is 11.3. The Labute approximate surface area is 139 Å². The first kappa shape index (κ1) is 18.3. The molecule has 0 unspecified atom stereocenters. The molecule has 0 aliphatic carbocycles. The molecule has 1 aromatic carbocycles. The Bertz CT molecular complexity index is 562. The molecule has 1 aliphatic heterocycles.